The van der Waals surface area contributed by atoms with Gasteiger partial charge in [0.15, 0.2) is 5.82 Å². The Balaban J connectivity index is 1.64. The number of ether oxygens (including phenoxy) is 1. The first-order valence-electron chi connectivity index (χ1n) is 12.2. The van der Waals surface area contributed by atoms with E-state index in [2.05, 4.69) is 50.5 Å². The van der Waals surface area contributed by atoms with Gasteiger partial charge < -0.3 is 15.4 Å². The van der Waals surface area contributed by atoms with Gasteiger partial charge in [-0.05, 0) is 65.9 Å². The standard InChI is InChI=1S/C26H28BrCl2N5O3S/c1-14(2)6-7-15(3)31-25(35)18-9-16(28)10-19(27)23(18)32-26(36)21-11-22(37-17-12-38-13-17)33-34(21)24-20(29)5-4-8-30-24/h4-5,8-11,14-15,17H,6-7,12-13H2,1-3H3,(H,31,35)(H,32,36). The third-order valence-electron chi connectivity index (χ3n) is 5.85. The summed E-state index contributed by atoms with van der Waals surface area (Å²) >= 11 is 17.9. The van der Waals surface area contributed by atoms with Gasteiger partial charge in [0.1, 0.15) is 11.8 Å². The van der Waals surface area contributed by atoms with E-state index in [0.29, 0.717) is 20.4 Å². The number of rotatable bonds is 10. The Hall–Kier alpha value is -2.27. The molecule has 1 aliphatic heterocycles. The molecule has 2 N–H and O–H groups in total. The number of aromatic nitrogens is 3. The molecule has 4 rings (SSSR count). The summed E-state index contributed by atoms with van der Waals surface area (Å²) in [5.41, 5.74) is 0.663. The van der Waals surface area contributed by atoms with Crippen molar-refractivity contribution in [2.75, 3.05) is 16.8 Å². The molecule has 1 aliphatic rings. The largest absolute Gasteiger partial charge is 0.472 e. The van der Waals surface area contributed by atoms with E-state index < -0.39 is 5.91 Å². The minimum absolute atomic E-state index is 0.0249. The summed E-state index contributed by atoms with van der Waals surface area (Å²) in [6.07, 6.45) is 3.40. The van der Waals surface area contributed by atoms with E-state index in [4.69, 9.17) is 27.9 Å². The molecular weight excluding hydrogens is 613 g/mol. The molecule has 12 heteroatoms. The zero-order valence-electron chi connectivity index (χ0n) is 21.1. The lowest BCUT2D eigenvalue weighted by Crippen LogP contribution is -2.33. The summed E-state index contributed by atoms with van der Waals surface area (Å²) in [4.78, 5) is 31.2. The van der Waals surface area contributed by atoms with E-state index in [9.17, 15) is 9.59 Å². The molecule has 38 heavy (non-hydrogen) atoms. The molecular formula is C26H28BrCl2N5O3S. The van der Waals surface area contributed by atoms with Gasteiger partial charge in [0.2, 0.25) is 5.88 Å². The number of benzene rings is 1. The normalized spacial score (nSPS) is 14.2. The first-order chi connectivity index (χ1) is 18.1. The van der Waals surface area contributed by atoms with E-state index >= 15 is 0 Å². The number of pyridine rings is 1. The van der Waals surface area contributed by atoms with Crippen LogP contribution in [0.5, 0.6) is 5.88 Å². The maximum atomic E-state index is 13.6. The quantitative estimate of drug-likeness (QED) is 0.258. The summed E-state index contributed by atoms with van der Waals surface area (Å²) in [5.74, 6) is 1.93. The fraction of sp³-hybridized carbons (Fsp3) is 0.385. The van der Waals surface area contributed by atoms with Crippen molar-refractivity contribution < 1.29 is 14.3 Å². The average Bonchev–Trinajstić information content (AvgIpc) is 3.25. The van der Waals surface area contributed by atoms with Crippen LogP contribution in [0.25, 0.3) is 5.82 Å². The second-order valence-electron chi connectivity index (χ2n) is 9.48. The lowest BCUT2D eigenvalue weighted by atomic mass is 10.0. The highest BCUT2D eigenvalue weighted by Gasteiger charge is 2.26. The predicted octanol–water partition coefficient (Wildman–Crippen LogP) is 6.64. The Morgan fingerprint density at radius 1 is 1.18 bits per heavy atom. The van der Waals surface area contributed by atoms with E-state index in [0.717, 1.165) is 24.3 Å². The third-order valence-corrected chi connectivity index (χ3v) is 8.20. The van der Waals surface area contributed by atoms with Crippen LogP contribution in [0.3, 0.4) is 0 Å². The number of carbonyl (C=O) groups excluding carboxylic acids is 2. The van der Waals surface area contributed by atoms with Crippen LogP contribution in [0.15, 0.2) is 41.0 Å². The Bertz CT molecular complexity index is 1330. The topological polar surface area (TPSA) is 98.1 Å². The van der Waals surface area contributed by atoms with Crippen molar-refractivity contribution in [1.29, 1.82) is 0 Å². The van der Waals surface area contributed by atoms with Gasteiger partial charge in [0.25, 0.3) is 11.8 Å². The van der Waals surface area contributed by atoms with Crippen LogP contribution >= 0.6 is 50.9 Å². The molecule has 8 nitrogen and oxygen atoms in total. The molecule has 0 aliphatic carbocycles. The highest BCUT2D eigenvalue weighted by Crippen LogP contribution is 2.32. The van der Waals surface area contributed by atoms with Gasteiger partial charge in [0, 0.05) is 39.3 Å². The van der Waals surface area contributed by atoms with Gasteiger partial charge in [-0.15, -0.1) is 5.10 Å². The zero-order chi connectivity index (χ0) is 27.4. The first-order valence-corrected chi connectivity index (χ1v) is 14.9. The van der Waals surface area contributed by atoms with E-state index in [1.807, 2.05) is 6.92 Å². The Labute approximate surface area is 244 Å². The van der Waals surface area contributed by atoms with Crippen molar-refractivity contribution in [2.24, 2.45) is 5.92 Å². The average molecular weight is 641 g/mol. The van der Waals surface area contributed by atoms with Gasteiger partial charge in [-0.3, -0.25) is 9.59 Å². The molecule has 202 valence electrons. The number of nitrogens with one attached hydrogen (secondary N) is 2. The number of halogens is 3. The molecule has 2 amide bonds. The number of carbonyl (C=O) groups is 2. The van der Waals surface area contributed by atoms with Crippen molar-refractivity contribution in [1.82, 2.24) is 20.1 Å². The van der Waals surface area contributed by atoms with Gasteiger partial charge in [-0.25, -0.2) is 9.67 Å². The maximum Gasteiger partial charge on any atom is 0.274 e. The molecule has 3 heterocycles. The Kier molecular flexibility index (Phi) is 9.62. The fourth-order valence-corrected chi connectivity index (χ4v) is 5.42. The summed E-state index contributed by atoms with van der Waals surface area (Å²) in [7, 11) is 0. The van der Waals surface area contributed by atoms with Gasteiger partial charge in [-0.1, -0.05) is 37.0 Å². The summed E-state index contributed by atoms with van der Waals surface area (Å²) in [5, 5.41) is 11.0. The molecule has 1 aromatic carbocycles. The summed E-state index contributed by atoms with van der Waals surface area (Å²) in [6, 6.07) is 7.99. The molecule has 1 atom stereocenters. The lowest BCUT2D eigenvalue weighted by Gasteiger charge is -2.24. The van der Waals surface area contributed by atoms with Crippen LogP contribution in [-0.2, 0) is 0 Å². The molecule has 1 saturated heterocycles. The molecule has 0 spiro atoms. The van der Waals surface area contributed by atoms with E-state index in [1.54, 1.807) is 42.2 Å². The number of amides is 2. The fourth-order valence-electron chi connectivity index (χ4n) is 3.74. The number of hydrogen-bond acceptors (Lipinski definition) is 6. The minimum atomic E-state index is -0.526. The van der Waals surface area contributed by atoms with Crippen molar-refractivity contribution in [3.05, 3.63) is 62.3 Å². The van der Waals surface area contributed by atoms with Crippen LogP contribution in [-0.4, -0.2) is 50.2 Å². The Morgan fingerprint density at radius 2 is 1.95 bits per heavy atom. The van der Waals surface area contributed by atoms with E-state index in [-0.39, 0.29) is 46.7 Å². The van der Waals surface area contributed by atoms with Crippen LogP contribution < -0.4 is 15.4 Å². The summed E-state index contributed by atoms with van der Waals surface area (Å²) < 4.78 is 7.73. The second-order valence-corrected chi connectivity index (χ2v) is 12.2. The maximum absolute atomic E-state index is 13.6. The molecule has 0 radical (unpaired) electrons. The molecule has 1 unspecified atom stereocenters. The highest BCUT2D eigenvalue weighted by atomic mass is 79.9. The number of anilines is 1. The lowest BCUT2D eigenvalue weighted by molar-refractivity contribution is 0.0938. The molecule has 0 saturated carbocycles. The molecule has 1 fully saturated rings. The number of thioether (sulfide) groups is 1. The van der Waals surface area contributed by atoms with Gasteiger partial charge >= 0.3 is 0 Å². The van der Waals surface area contributed by atoms with Crippen LogP contribution in [0.4, 0.5) is 5.69 Å². The van der Waals surface area contributed by atoms with Crippen molar-refractivity contribution in [3.63, 3.8) is 0 Å². The smallest absolute Gasteiger partial charge is 0.274 e. The SMILES string of the molecule is CC(C)CCC(C)NC(=O)c1cc(Cl)cc(Br)c1NC(=O)c1cc(OC2CSC2)nn1-c1ncccc1Cl. The number of hydrogen-bond donors (Lipinski definition) is 2. The Morgan fingerprint density at radius 3 is 2.61 bits per heavy atom. The predicted molar refractivity (Wildman–Crippen MR) is 156 cm³/mol. The highest BCUT2D eigenvalue weighted by molar-refractivity contribution is 9.10. The van der Waals surface area contributed by atoms with Crippen molar-refractivity contribution in [3.8, 4) is 11.7 Å². The van der Waals surface area contributed by atoms with Gasteiger partial charge in [-0.2, -0.15) is 11.8 Å². The first kappa shape index (κ1) is 28.7. The molecule has 3 aromatic rings. The monoisotopic (exact) mass is 639 g/mol. The second kappa shape index (κ2) is 12.7. The zero-order valence-corrected chi connectivity index (χ0v) is 25.0. The van der Waals surface area contributed by atoms with Crippen molar-refractivity contribution in [2.45, 2.75) is 45.8 Å². The van der Waals surface area contributed by atoms with E-state index in [1.165, 1.54) is 10.7 Å². The van der Waals surface area contributed by atoms with Crippen LogP contribution in [0.1, 0.15) is 54.5 Å². The minimum Gasteiger partial charge on any atom is -0.472 e. The number of nitrogens with zero attached hydrogens (tertiary/aromatic N) is 3. The molecule has 0 bridgehead atoms. The third kappa shape index (κ3) is 7.02. The van der Waals surface area contributed by atoms with Crippen LogP contribution in [0.2, 0.25) is 10.0 Å². The molecule has 2 aromatic heterocycles. The van der Waals surface area contributed by atoms with Crippen molar-refractivity contribution >= 4 is 68.4 Å². The van der Waals surface area contributed by atoms with Crippen LogP contribution in [0, 0.1) is 5.92 Å². The van der Waals surface area contributed by atoms with Gasteiger partial charge in [0.05, 0.1) is 16.3 Å². The summed E-state index contributed by atoms with van der Waals surface area (Å²) in [6.45, 7) is 6.23.